The van der Waals surface area contributed by atoms with Crippen molar-refractivity contribution < 1.29 is 9.63 Å². The van der Waals surface area contributed by atoms with E-state index in [0.717, 1.165) is 53.1 Å². The van der Waals surface area contributed by atoms with Gasteiger partial charge in [0, 0.05) is 56.8 Å². The summed E-state index contributed by atoms with van der Waals surface area (Å²) in [7, 11) is 2.01. The molecule has 4 aromatic rings. The number of fused-ring (bicyclic) bond motifs is 1. The van der Waals surface area contributed by atoms with E-state index in [4.69, 9.17) is 15.7 Å². The molecular formula is C25H29BN8O2. The Morgan fingerprint density at radius 2 is 2.03 bits per heavy atom. The van der Waals surface area contributed by atoms with Crippen molar-refractivity contribution in [3.8, 4) is 5.75 Å². The number of nitrogens with one attached hydrogen (secondary N) is 2. The van der Waals surface area contributed by atoms with Crippen LogP contribution in [0.1, 0.15) is 35.6 Å². The monoisotopic (exact) mass is 484 g/mol. The van der Waals surface area contributed by atoms with Gasteiger partial charge >= 0.3 is 6.03 Å². The lowest BCUT2D eigenvalue weighted by Crippen LogP contribution is -2.44. The van der Waals surface area contributed by atoms with Crippen LogP contribution in [0.4, 0.5) is 10.6 Å². The summed E-state index contributed by atoms with van der Waals surface area (Å²) < 4.78 is 1.84. The first kappa shape index (κ1) is 23.6. The van der Waals surface area contributed by atoms with Crippen LogP contribution < -0.4 is 26.8 Å². The Balaban J connectivity index is 1.29. The molecule has 1 unspecified atom stereocenters. The third-order valence-electron chi connectivity index (χ3n) is 6.49. The molecule has 0 saturated carbocycles. The molecule has 11 heteroatoms. The predicted molar refractivity (Wildman–Crippen MR) is 140 cm³/mol. The molecule has 1 saturated heterocycles. The minimum atomic E-state index is -0.0737. The van der Waals surface area contributed by atoms with E-state index < -0.39 is 0 Å². The molecule has 0 spiro atoms. The number of piperidine rings is 1. The molecule has 1 atom stereocenters. The highest BCUT2D eigenvalue weighted by Crippen LogP contribution is 2.28. The molecule has 0 radical (unpaired) electrons. The first-order valence-electron chi connectivity index (χ1n) is 12.1. The second kappa shape index (κ2) is 10.7. The molecule has 36 heavy (non-hydrogen) atoms. The maximum Gasteiger partial charge on any atom is 0.317 e. The SMILES string of the molecule is Bc1cnn2c(NCc3cccnc3)cc(C3CCCN(C(=O)NCc4ccc(ON)cc4)C3)nc12. The van der Waals surface area contributed by atoms with Gasteiger partial charge in [-0.05, 0) is 47.6 Å². The molecule has 3 aromatic heterocycles. The van der Waals surface area contributed by atoms with Crippen LogP contribution in [-0.2, 0) is 13.1 Å². The Morgan fingerprint density at radius 3 is 2.81 bits per heavy atom. The summed E-state index contributed by atoms with van der Waals surface area (Å²) >= 11 is 0. The number of rotatable bonds is 7. The maximum atomic E-state index is 12.9. The van der Waals surface area contributed by atoms with E-state index in [0.29, 0.717) is 25.4 Å². The number of likely N-dealkylation sites (tertiary alicyclic amines) is 1. The Bertz CT molecular complexity index is 1330. The average molecular weight is 484 g/mol. The number of pyridine rings is 1. The van der Waals surface area contributed by atoms with Crippen molar-refractivity contribution >= 4 is 30.8 Å². The van der Waals surface area contributed by atoms with Gasteiger partial charge in [-0.1, -0.05) is 18.2 Å². The Hall–Kier alpha value is -4.12. The smallest absolute Gasteiger partial charge is 0.317 e. The van der Waals surface area contributed by atoms with Crippen molar-refractivity contribution in [2.75, 3.05) is 18.4 Å². The number of amides is 2. The van der Waals surface area contributed by atoms with E-state index in [1.165, 1.54) is 0 Å². The van der Waals surface area contributed by atoms with E-state index in [1.807, 2.05) is 53.9 Å². The number of anilines is 1. The third kappa shape index (κ3) is 5.25. The van der Waals surface area contributed by atoms with Crippen molar-refractivity contribution in [1.82, 2.24) is 29.8 Å². The van der Waals surface area contributed by atoms with Gasteiger partial charge in [0.05, 0.1) is 5.69 Å². The summed E-state index contributed by atoms with van der Waals surface area (Å²) in [6.45, 7) is 2.40. The predicted octanol–water partition coefficient (Wildman–Crippen LogP) is 1.34. The Kier molecular flexibility index (Phi) is 6.99. The van der Waals surface area contributed by atoms with Gasteiger partial charge in [0.15, 0.2) is 5.65 Å². The van der Waals surface area contributed by atoms with Crippen molar-refractivity contribution in [3.05, 3.63) is 77.9 Å². The van der Waals surface area contributed by atoms with Crippen LogP contribution >= 0.6 is 0 Å². The quantitative estimate of drug-likeness (QED) is 0.267. The van der Waals surface area contributed by atoms with Gasteiger partial charge in [0.25, 0.3) is 0 Å². The first-order valence-corrected chi connectivity index (χ1v) is 12.1. The lowest BCUT2D eigenvalue weighted by molar-refractivity contribution is 0.178. The van der Waals surface area contributed by atoms with Gasteiger partial charge in [-0.2, -0.15) is 15.5 Å². The zero-order valence-corrected chi connectivity index (χ0v) is 20.2. The molecule has 1 aliphatic rings. The molecule has 1 fully saturated rings. The molecule has 4 heterocycles. The van der Waals surface area contributed by atoms with E-state index in [2.05, 4.69) is 26.8 Å². The highest BCUT2D eigenvalue weighted by molar-refractivity contribution is 6.36. The lowest BCUT2D eigenvalue weighted by atomic mass is 9.94. The number of carbonyl (C=O) groups is 1. The standard InChI is InChI=1S/C25H29BN8O2/c26-21-15-31-34-23(29-14-18-3-1-9-28-12-18)11-22(32-24(21)34)19-4-2-10-33(16-19)25(35)30-13-17-5-7-20(36-27)8-6-17/h1,3,5-9,11-12,15,19,29H,2,4,10,13-14,16,26-27H2,(H,30,35). The van der Waals surface area contributed by atoms with Crippen LogP contribution in [0.25, 0.3) is 5.65 Å². The van der Waals surface area contributed by atoms with Crippen molar-refractivity contribution in [1.29, 1.82) is 0 Å². The molecule has 1 aliphatic heterocycles. The molecule has 2 amide bonds. The van der Waals surface area contributed by atoms with Gasteiger partial charge in [-0.3, -0.25) is 4.98 Å². The van der Waals surface area contributed by atoms with Crippen LogP contribution in [0, 0.1) is 0 Å². The fourth-order valence-electron chi connectivity index (χ4n) is 4.50. The van der Waals surface area contributed by atoms with Crippen molar-refractivity contribution in [3.63, 3.8) is 0 Å². The molecule has 5 rings (SSSR count). The van der Waals surface area contributed by atoms with Crippen LogP contribution in [0.5, 0.6) is 5.75 Å². The molecule has 10 nitrogen and oxygen atoms in total. The van der Waals surface area contributed by atoms with E-state index in [1.54, 1.807) is 18.3 Å². The molecule has 184 valence electrons. The van der Waals surface area contributed by atoms with Crippen LogP contribution in [0.15, 0.2) is 61.1 Å². The second-order valence-electron chi connectivity index (χ2n) is 9.05. The summed E-state index contributed by atoms with van der Waals surface area (Å²) in [5.41, 5.74) is 4.86. The van der Waals surface area contributed by atoms with Crippen molar-refractivity contribution in [2.45, 2.75) is 31.8 Å². The van der Waals surface area contributed by atoms with Crippen LogP contribution in [-0.4, -0.2) is 51.4 Å². The van der Waals surface area contributed by atoms with Gasteiger partial charge in [-0.25, -0.2) is 9.78 Å². The van der Waals surface area contributed by atoms with E-state index in [-0.39, 0.29) is 11.9 Å². The fraction of sp³-hybridized carbons (Fsp3) is 0.280. The molecule has 0 bridgehead atoms. The molecule has 1 aromatic carbocycles. The number of nitrogens with zero attached hydrogens (tertiary/aromatic N) is 5. The average Bonchev–Trinajstić information content (AvgIpc) is 3.31. The summed E-state index contributed by atoms with van der Waals surface area (Å²) in [4.78, 5) is 28.7. The highest BCUT2D eigenvalue weighted by Gasteiger charge is 2.26. The topological polar surface area (TPSA) is 123 Å². The zero-order chi connectivity index (χ0) is 24.9. The van der Waals surface area contributed by atoms with Gasteiger partial charge in [0.1, 0.15) is 19.4 Å². The number of urea groups is 1. The first-order chi connectivity index (χ1) is 17.6. The van der Waals surface area contributed by atoms with E-state index in [9.17, 15) is 4.79 Å². The third-order valence-corrected chi connectivity index (χ3v) is 6.49. The normalized spacial score (nSPS) is 15.6. The number of carbonyl (C=O) groups excluding carboxylic acids is 1. The number of nitrogens with two attached hydrogens (primary N) is 1. The van der Waals surface area contributed by atoms with Gasteiger partial charge in [0.2, 0.25) is 0 Å². The minimum absolute atomic E-state index is 0.0737. The number of hydrogen-bond donors (Lipinski definition) is 3. The summed E-state index contributed by atoms with van der Waals surface area (Å²) in [6.07, 6.45) is 7.33. The van der Waals surface area contributed by atoms with Gasteiger partial charge in [-0.15, -0.1) is 0 Å². The maximum absolute atomic E-state index is 12.9. The summed E-state index contributed by atoms with van der Waals surface area (Å²) in [5.74, 6) is 6.77. The zero-order valence-electron chi connectivity index (χ0n) is 20.2. The highest BCUT2D eigenvalue weighted by atomic mass is 16.6. The lowest BCUT2D eigenvalue weighted by Gasteiger charge is -2.32. The Labute approximate surface area is 210 Å². The Morgan fingerprint density at radius 1 is 1.17 bits per heavy atom. The number of benzene rings is 1. The summed E-state index contributed by atoms with van der Waals surface area (Å²) in [6, 6.07) is 13.3. The summed E-state index contributed by atoms with van der Waals surface area (Å²) in [5, 5.41) is 11.0. The van der Waals surface area contributed by atoms with Crippen molar-refractivity contribution in [2.24, 2.45) is 5.90 Å². The van der Waals surface area contributed by atoms with Crippen LogP contribution in [0.2, 0.25) is 0 Å². The van der Waals surface area contributed by atoms with E-state index >= 15 is 0 Å². The molecule has 4 N–H and O–H groups in total. The fourth-order valence-corrected chi connectivity index (χ4v) is 4.50. The number of aromatic nitrogens is 4. The van der Waals surface area contributed by atoms with Crippen LogP contribution in [0.3, 0.4) is 0 Å². The molecule has 0 aliphatic carbocycles. The number of hydrogen-bond acceptors (Lipinski definition) is 7. The molecular weight excluding hydrogens is 455 g/mol. The second-order valence-corrected chi connectivity index (χ2v) is 9.05. The van der Waals surface area contributed by atoms with Gasteiger partial charge < -0.3 is 20.4 Å². The largest absolute Gasteiger partial charge is 0.412 e. The minimum Gasteiger partial charge on any atom is -0.412 e.